The summed E-state index contributed by atoms with van der Waals surface area (Å²) in [5, 5.41) is 2.70. The number of amides is 2. The van der Waals surface area contributed by atoms with Crippen LogP contribution in [0, 0.1) is 5.82 Å². The molecule has 2 aromatic rings. The minimum atomic E-state index is -3.88. The molecular weight excluding hydrogens is 473 g/mol. The summed E-state index contributed by atoms with van der Waals surface area (Å²) in [7, 11) is -1.00. The van der Waals surface area contributed by atoms with Crippen LogP contribution in [0.5, 0.6) is 5.75 Å². The van der Waals surface area contributed by atoms with Crippen LogP contribution in [-0.2, 0) is 26.2 Å². The van der Waals surface area contributed by atoms with Gasteiger partial charge in [-0.3, -0.25) is 13.9 Å². The monoisotopic (exact) mass is 499 g/mol. The lowest BCUT2D eigenvalue weighted by Gasteiger charge is -2.32. The van der Waals surface area contributed by atoms with Crippen LogP contribution in [-0.4, -0.2) is 58.1 Å². The van der Waals surface area contributed by atoms with Gasteiger partial charge in [0.2, 0.25) is 21.8 Å². The van der Waals surface area contributed by atoms with E-state index in [2.05, 4.69) is 5.32 Å². The summed E-state index contributed by atoms with van der Waals surface area (Å²) in [6, 6.07) is 9.01. The molecule has 8 nitrogen and oxygen atoms in total. The Labute approximate surface area is 198 Å². The molecule has 0 aliphatic heterocycles. The zero-order chi connectivity index (χ0) is 24.8. The van der Waals surface area contributed by atoms with Crippen molar-refractivity contribution < 1.29 is 27.1 Å². The number of halogens is 2. The van der Waals surface area contributed by atoms with Crippen molar-refractivity contribution in [1.29, 1.82) is 0 Å². The van der Waals surface area contributed by atoms with E-state index in [4.69, 9.17) is 16.3 Å². The van der Waals surface area contributed by atoms with Crippen LogP contribution in [0.4, 0.5) is 10.1 Å². The van der Waals surface area contributed by atoms with E-state index in [0.717, 1.165) is 10.6 Å². The number of ether oxygens (including phenoxy) is 1. The second kappa shape index (κ2) is 11.3. The zero-order valence-electron chi connectivity index (χ0n) is 18.8. The summed E-state index contributed by atoms with van der Waals surface area (Å²) in [4.78, 5) is 27.1. The zero-order valence-corrected chi connectivity index (χ0v) is 20.4. The van der Waals surface area contributed by atoms with Crippen molar-refractivity contribution in [2.45, 2.75) is 25.9 Å². The third-order valence-electron chi connectivity index (χ3n) is 5.00. The van der Waals surface area contributed by atoms with Crippen LogP contribution in [0.15, 0.2) is 42.5 Å². The first kappa shape index (κ1) is 26.4. The van der Waals surface area contributed by atoms with Gasteiger partial charge in [0.15, 0.2) is 0 Å². The average molecular weight is 500 g/mol. The Balaban J connectivity index is 2.44. The normalized spacial score (nSPS) is 12.1. The van der Waals surface area contributed by atoms with Gasteiger partial charge in [-0.2, -0.15) is 0 Å². The van der Waals surface area contributed by atoms with Gasteiger partial charge < -0.3 is 15.0 Å². The number of methoxy groups -OCH3 is 1. The summed E-state index contributed by atoms with van der Waals surface area (Å²) >= 11 is 6.15. The number of nitrogens with zero attached hydrogens (tertiary/aromatic N) is 2. The molecule has 0 fully saturated rings. The van der Waals surface area contributed by atoms with Crippen molar-refractivity contribution in [2.75, 3.05) is 31.3 Å². The van der Waals surface area contributed by atoms with E-state index in [1.165, 1.54) is 61.5 Å². The maximum atomic E-state index is 13.4. The summed E-state index contributed by atoms with van der Waals surface area (Å²) in [6.45, 7) is 1.17. The molecule has 0 aliphatic rings. The molecule has 0 radical (unpaired) electrons. The third-order valence-corrected chi connectivity index (χ3v) is 6.44. The first-order valence-corrected chi connectivity index (χ1v) is 12.3. The highest BCUT2D eigenvalue weighted by molar-refractivity contribution is 7.92. The van der Waals surface area contributed by atoms with Crippen LogP contribution in [0.3, 0.4) is 0 Å². The second-order valence-corrected chi connectivity index (χ2v) is 9.59. The molecule has 0 aliphatic carbocycles. The number of sulfonamides is 1. The highest BCUT2D eigenvalue weighted by Crippen LogP contribution is 2.30. The SMILES string of the molecule is CCC(C(=O)NC)N(Cc1ccc(F)cc1)C(=O)CN(c1ccc(OC)c(Cl)c1)S(C)(=O)=O. The van der Waals surface area contributed by atoms with Crippen LogP contribution < -0.4 is 14.4 Å². The number of carbonyl (C=O) groups excluding carboxylic acids is 2. The Morgan fingerprint density at radius 1 is 1.18 bits per heavy atom. The molecule has 0 bridgehead atoms. The number of hydrogen-bond acceptors (Lipinski definition) is 5. The number of carbonyl (C=O) groups is 2. The Hall–Kier alpha value is -2.85. The van der Waals surface area contributed by atoms with Crippen LogP contribution in [0.25, 0.3) is 0 Å². The molecule has 0 spiro atoms. The molecule has 33 heavy (non-hydrogen) atoms. The summed E-state index contributed by atoms with van der Waals surface area (Å²) < 4.78 is 44.4. The van der Waals surface area contributed by atoms with E-state index in [1.807, 2.05) is 0 Å². The maximum Gasteiger partial charge on any atom is 0.244 e. The molecule has 1 atom stereocenters. The molecule has 2 aromatic carbocycles. The summed E-state index contributed by atoms with van der Waals surface area (Å²) in [5.41, 5.74) is 0.761. The van der Waals surface area contributed by atoms with Crippen LogP contribution in [0.1, 0.15) is 18.9 Å². The van der Waals surface area contributed by atoms with Crippen molar-refractivity contribution in [1.82, 2.24) is 10.2 Å². The van der Waals surface area contributed by atoms with Crippen LogP contribution in [0.2, 0.25) is 5.02 Å². The smallest absolute Gasteiger partial charge is 0.244 e. The Morgan fingerprint density at radius 3 is 2.30 bits per heavy atom. The summed E-state index contributed by atoms with van der Waals surface area (Å²) in [6.07, 6.45) is 1.26. The number of likely N-dealkylation sites (N-methyl/N-ethyl adjacent to an activating group) is 1. The first-order valence-electron chi connectivity index (χ1n) is 10.1. The van der Waals surface area contributed by atoms with E-state index in [1.54, 1.807) is 6.92 Å². The van der Waals surface area contributed by atoms with Gasteiger partial charge in [-0.15, -0.1) is 0 Å². The first-order chi connectivity index (χ1) is 15.5. The number of anilines is 1. The van der Waals surface area contributed by atoms with E-state index in [9.17, 15) is 22.4 Å². The van der Waals surface area contributed by atoms with Gasteiger partial charge in [0.25, 0.3) is 0 Å². The Bertz CT molecular complexity index is 1100. The fourth-order valence-electron chi connectivity index (χ4n) is 3.30. The van der Waals surface area contributed by atoms with Crippen molar-refractivity contribution in [3.05, 3.63) is 58.9 Å². The molecular formula is C22H27ClFN3O5S. The Morgan fingerprint density at radius 2 is 1.82 bits per heavy atom. The number of rotatable bonds is 10. The van der Waals surface area contributed by atoms with E-state index >= 15 is 0 Å². The van der Waals surface area contributed by atoms with Crippen molar-refractivity contribution in [3.8, 4) is 5.75 Å². The molecule has 0 saturated heterocycles. The molecule has 1 unspecified atom stereocenters. The van der Waals surface area contributed by atoms with Gasteiger partial charge in [-0.25, -0.2) is 12.8 Å². The van der Waals surface area contributed by atoms with Gasteiger partial charge in [-0.1, -0.05) is 30.7 Å². The fraction of sp³-hybridized carbons (Fsp3) is 0.364. The molecule has 180 valence electrons. The molecule has 0 saturated carbocycles. The Kier molecular flexibility index (Phi) is 9.07. The van der Waals surface area contributed by atoms with Gasteiger partial charge in [-0.05, 0) is 42.3 Å². The van der Waals surface area contributed by atoms with Gasteiger partial charge in [0.05, 0.1) is 24.1 Å². The van der Waals surface area contributed by atoms with Crippen molar-refractivity contribution in [3.63, 3.8) is 0 Å². The molecule has 1 N–H and O–H groups in total. The minimum Gasteiger partial charge on any atom is -0.495 e. The molecule has 0 aromatic heterocycles. The number of benzene rings is 2. The fourth-order valence-corrected chi connectivity index (χ4v) is 4.39. The largest absolute Gasteiger partial charge is 0.495 e. The van der Waals surface area contributed by atoms with Crippen molar-refractivity contribution in [2.24, 2.45) is 0 Å². The average Bonchev–Trinajstić information content (AvgIpc) is 2.77. The lowest BCUT2D eigenvalue weighted by molar-refractivity contribution is -0.140. The number of nitrogens with one attached hydrogen (secondary N) is 1. The van der Waals surface area contributed by atoms with Gasteiger partial charge in [0, 0.05) is 13.6 Å². The second-order valence-electron chi connectivity index (χ2n) is 7.27. The highest BCUT2D eigenvalue weighted by Gasteiger charge is 2.31. The van der Waals surface area contributed by atoms with E-state index < -0.39 is 40.2 Å². The van der Waals surface area contributed by atoms with Gasteiger partial charge >= 0.3 is 0 Å². The number of hydrogen-bond donors (Lipinski definition) is 1. The predicted molar refractivity (Wildman–Crippen MR) is 125 cm³/mol. The predicted octanol–water partition coefficient (Wildman–Crippen LogP) is 2.81. The topological polar surface area (TPSA) is 96.0 Å². The highest BCUT2D eigenvalue weighted by atomic mass is 35.5. The molecule has 2 amide bonds. The quantitative estimate of drug-likeness (QED) is 0.542. The van der Waals surface area contributed by atoms with Crippen LogP contribution >= 0.6 is 11.6 Å². The minimum absolute atomic E-state index is 0.00793. The molecule has 11 heteroatoms. The van der Waals surface area contributed by atoms with Crippen molar-refractivity contribution >= 4 is 39.1 Å². The lowest BCUT2D eigenvalue weighted by Crippen LogP contribution is -2.51. The summed E-state index contributed by atoms with van der Waals surface area (Å²) in [5.74, 6) is -1.09. The standard InChI is InChI=1S/C22H27ClFN3O5S/c1-5-19(22(29)25-2)26(13-15-6-8-16(24)9-7-15)21(28)14-27(33(4,30)31)17-10-11-20(32-3)18(23)12-17/h6-12,19H,5,13-14H2,1-4H3,(H,25,29). The maximum absolute atomic E-state index is 13.4. The molecule has 2 rings (SSSR count). The van der Waals surface area contributed by atoms with E-state index in [-0.39, 0.29) is 17.3 Å². The third kappa shape index (κ3) is 6.82. The van der Waals surface area contributed by atoms with Gasteiger partial charge in [0.1, 0.15) is 24.2 Å². The van der Waals surface area contributed by atoms with E-state index in [0.29, 0.717) is 17.7 Å². The lowest BCUT2D eigenvalue weighted by atomic mass is 10.1. The molecule has 0 heterocycles.